The molecule has 0 saturated carbocycles. The minimum Gasteiger partial charge on any atom is -0.255 e. The van der Waals surface area contributed by atoms with Crippen LogP contribution in [0.15, 0.2) is 10.9 Å². The van der Waals surface area contributed by atoms with E-state index >= 15 is 0 Å². The maximum Gasteiger partial charge on any atom is 0.0461 e. The first-order chi connectivity index (χ1) is 3.31. The summed E-state index contributed by atoms with van der Waals surface area (Å²) in [5.41, 5.74) is 1.28. The van der Waals surface area contributed by atoms with Crippen LogP contribution in [0.25, 0.3) is 0 Å². The molecule has 0 saturated heterocycles. The number of hydrogen-bond acceptors (Lipinski definition) is 1. The number of halogens is 1. The summed E-state index contributed by atoms with van der Waals surface area (Å²) in [5.74, 6) is 0.642. The largest absolute Gasteiger partial charge is 0.255 e. The summed E-state index contributed by atoms with van der Waals surface area (Å²) in [6, 6.07) is 0. The molecule has 0 aliphatic heterocycles. The van der Waals surface area contributed by atoms with Crippen LogP contribution < -0.4 is 0 Å². The molecule has 0 fully saturated rings. The molecule has 1 atom stereocenters. The average Bonchev–Trinajstić information content (AvgIpc) is 1.68. The van der Waals surface area contributed by atoms with Gasteiger partial charge >= 0.3 is 0 Å². The molecule has 0 N–H and O–H groups in total. The van der Waals surface area contributed by atoms with Crippen LogP contribution in [0.1, 0.15) is 6.92 Å². The Kier molecular flexibility index (Phi) is 4.45. The van der Waals surface area contributed by atoms with Crippen LogP contribution in [-0.2, 0) is 10.8 Å². The average molecular weight is 139 g/mol. The second kappa shape index (κ2) is 4.34. The highest BCUT2D eigenvalue weighted by molar-refractivity contribution is 7.87. The maximum absolute atomic E-state index is 10.4. The van der Waals surface area contributed by atoms with E-state index in [9.17, 15) is 4.21 Å². The molecular formula is C4H7ClOS. The molecule has 0 radical (unpaired) electrons. The molecule has 0 aromatic carbocycles. The number of hydrogen-bond donors (Lipinski definition) is 0. The predicted molar refractivity (Wildman–Crippen MR) is 33.7 cm³/mol. The van der Waals surface area contributed by atoms with E-state index in [0.29, 0.717) is 5.75 Å². The van der Waals surface area contributed by atoms with Gasteiger partial charge in [0.15, 0.2) is 0 Å². The molecule has 7 heavy (non-hydrogen) atoms. The Morgan fingerprint density at radius 2 is 2.43 bits per heavy atom. The Morgan fingerprint density at radius 3 is 2.57 bits per heavy atom. The van der Waals surface area contributed by atoms with Crippen LogP contribution >= 0.6 is 11.6 Å². The molecule has 0 aliphatic rings. The van der Waals surface area contributed by atoms with E-state index in [-0.39, 0.29) is 0 Å². The van der Waals surface area contributed by atoms with Gasteiger partial charge in [-0.3, -0.25) is 4.21 Å². The van der Waals surface area contributed by atoms with Crippen molar-refractivity contribution in [3.8, 4) is 0 Å². The molecule has 3 heteroatoms. The summed E-state index contributed by atoms with van der Waals surface area (Å²) in [5, 5.41) is 1.46. The molecule has 0 aliphatic carbocycles. The Bertz CT molecular complexity index is 89.7. The molecule has 0 aromatic heterocycles. The van der Waals surface area contributed by atoms with Crippen LogP contribution in [0.2, 0.25) is 0 Å². The van der Waals surface area contributed by atoms with Gasteiger partial charge in [0.05, 0.1) is 0 Å². The fourth-order valence-corrected chi connectivity index (χ4v) is 0.805. The van der Waals surface area contributed by atoms with E-state index < -0.39 is 10.8 Å². The monoisotopic (exact) mass is 138 g/mol. The molecule has 0 spiro atoms. The number of rotatable bonds is 2. The van der Waals surface area contributed by atoms with Crippen molar-refractivity contribution in [1.29, 1.82) is 0 Å². The normalized spacial score (nSPS) is 15.1. The molecule has 0 heterocycles. The maximum atomic E-state index is 10.4. The summed E-state index contributed by atoms with van der Waals surface area (Å²) in [7, 11) is -0.840. The Labute approximate surface area is 50.8 Å². The van der Waals surface area contributed by atoms with E-state index in [2.05, 4.69) is 0 Å². The van der Waals surface area contributed by atoms with Gasteiger partial charge in [-0.1, -0.05) is 18.5 Å². The van der Waals surface area contributed by atoms with E-state index in [4.69, 9.17) is 11.6 Å². The third-order valence-corrected chi connectivity index (χ3v) is 1.77. The Morgan fingerprint density at radius 1 is 1.86 bits per heavy atom. The van der Waals surface area contributed by atoms with Crippen molar-refractivity contribution in [1.82, 2.24) is 0 Å². The van der Waals surface area contributed by atoms with Gasteiger partial charge in [-0.15, -0.1) is 0 Å². The molecule has 42 valence electrons. The summed E-state index contributed by atoms with van der Waals surface area (Å²) in [4.78, 5) is 0. The zero-order valence-electron chi connectivity index (χ0n) is 4.06. The summed E-state index contributed by atoms with van der Waals surface area (Å²) in [6.07, 6.45) is 0. The lowest BCUT2D eigenvalue weighted by Crippen LogP contribution is -1.83. The predicted octanol–water partition coefficient (Wildman–Crippen LogP) is 1.47. The van der Waals surface area contributed by atoms with E-state index in [1.807, 2.05) is 6.92 Å². The second-order valence-corrected chi connectivity index (χ2v) is 2.79. The molecule has 0 bridgehead atoms. The molecule has 0 aromatic rings. The topological polar surface area (TPSA) is 17.1 Å². The molecule has 1 unspecified atom stereocenters. The van der Waals surface area contributed by atoms with Crippen LogP contribution in [0.3, 0.4) is 0 Å². The van der Waals surface area contributed by atoms with Crippen molar-refractivity contribution in [2.45, 2.75) is 6.92 Å². The van der Waals surface area contributed by atoms with Gasteiger partial charge in [-0.2, -0.15) is 0 Å². The van der Waals surface area contributed by atoms with Crippen LogP contribution in [-0.4, -0.2) is 9.96 Å². The van der Waals surface area contributed by atoms with Gasteiger partial charge in [0.2, 0.25) is 0 Å². The third-order valence-electron chi connectivity index (χ3n) is 0.488. The molecule has 0 amide bonds. The highest BCUT2D eigenvalue weighted by Gasteiger charge is 1.81. The van der Waals surface area contributed by atoms with Crippen LogP contribution in [0.4, 0.5) is 0 Å². The third kappa shape index (κ3) is 4.02. The van der Waals surface area contributed by atoms with Crippen molar-refractivity contribution in [3.05, 3.63) is 10.9 Å². The van der Waals surface area contributed by atoms with Gasteiger partial charge in [-0.05, 0) is 0 Å². The van der Waals surface area contributed by atoms with E-state index in [1.165, 1.54) is 10.9 Å². The lowest BCUT2D eigenvalue weighted by Gasteiger charge is -1.79. The van der Waals surface area contributed by atoms with E-state index in [1.54, 1.807) is 0 Å². The van der Waals surface area contributed by atoms with E-state index in [0.717, 1.165) is 0 Å². The van der Waals surface area contributed by atoms with Gasteiger partial charge in [0, 0.05) is 27.5 Å². The smallest absolute Gasteiger partial charge is 0.0461 e. The quantitative estimate of drug-likeness (QED) is 0.565. The van der Waals surface area contributed by atoms with Crippen molar-refractivity contribution < 1.29 is 4.21 Å². The van der Waals surface area contributed by atoms with Gasteiger partial charge in [-0.25, -0.2) is 0 Å². The Hall–Kier alpha value is 0.180. The highest BCUT2D eigenvalue weighted by atomic mass is 35.5. The lowest BCUT2D eigenvalue weighted by molar-refractivity contribution is 0.689. The fraction of sp³-hybridized carbons (Fsp3) is 0.500. The van der Waals surface area contributed by atoms with Crippen molar-refractivity contribution >= 4 is 22.4 Å². The van der Waals surface area contributed by atoms with Gasteiger partial charge < -0.3 is 0 Å². The summed E-state index contributed by atoms with van der Waals surface area (Å²) >= 11 is 5.10. The highest BCUT2D eigenvalue weighted by Crippen LogP contribution is 1.85. The minimum absolute atomic E-state index is 0.642. The summed E-state index contributed by atoms with van der Waals surface area (Å²) in [6.45, 7) is 1.84. The molecule has 1 nitrogen and oxygen atoms in total. The molecule has 0 rings (SSSR count). The standard InChI is InChI=1S/C4H7ClOS/c1-2-7(6)4-3-5/h3-4H,2H2,1H3/b4-3-. The summed E-state index contributed by atoms with van der Waals surface area (Å²) < 4.78 is 10.4. The zero-order valence-corrected chi connectivity index (χ0v) is 5.63. The first-order valence-corrected chi connectivity index (χ1v) is 3.77. The zero-order chi connectivity index (χ0) is 5.70. The van der Waals surface area contributed by atoms with Crippen LogP contribution in [0, 0.1) is 0 Å². The Balaban J connectivity index is 3.37. The first kappa shape index (κ1) is 7.18. The van der Waals surface area contributed by atoms with Crippen molar-refractivity contribution in [2.75, 3.05) is 5.75 Å². The van der Waals surface area contributed by atoms with Gasteiger partial charge in [0.25, 0.3) is 0 Å². The van der Waals surface area contributed by atoms with Gasteiger partial charge in [0.1, 0.15) is 0 Å². The van der Waals surface area contributed by atoms with Crippen LogP contribution in [0.5, 0.6) is 0 Å². The SMILES string of the molecule is CCS(=O)/C=C\Cl. The first-order valence-electron chi connectivity index (χ1n) is 1.95. The fourth-order valence-electron chi connectivity index (χ4n) is 0.154. The molecular weight excluding hydrogens is 132 g/mol. The van der Waals surface area contributed by atoms with Crippen molar-refractivity contribution in [2.24, 2.45) is 0 Å². The minimum atomic E-state index is -0.840. The second-order valence-electron chi connectivity index (χ2n) is 0.931. The lowest BCUT2D eigenvalue weighted by atomic mass is 11.0. The van der Waals surface area contributed by atoms with Crippen molar-refractivity contribution in [3.63, 3.8) is 0 Å².